The molecule has 0 aliphatic carbocycles. The van der Waals surface area contributed by atoms with E-state index in [1.165, 1.54) is 13.0 Å². The Morgan fingerprint density at radius 1 is 1.33 bits per heavy atom. The second kappa shape index (κ2) is 5.92. The van der Waals surface area contributed by atoms with Gasteiger partial charge in [-0.15, -0.1) is 0 Å². The van der Waals surface area contributed by atoms with E-state index in [1.807, 2.05) is 0 Å². The highest BCUT2D eigenvalue weighted by Gasteiger charge is 2.36. The van der Waals surface area contributed by atoms with Crippen molar-refractivity contribution >= 4 is 5.91 Å². The number of halogens is 3. The summed E-state index contributed by atoms with van der Waals surface area (Å²) in [4.78, 5) is 17.9. The molecule has 8 heteroatoms. The molecule has 24 heavy (non-hydrogen) atoms. The van der Waals surface area contributed by atoms with Crippen molar-refractivity contribution in [3.63, 3.8) is 0 Å². The van der Waals surface area contributed by atoms with E-state index in [1.54, 1.807) is 17.9 Å². The Morgan fingerprint density at radius 2 is 2.08 bits per heavy atom. The lowest BCUT2D eigenvalue weighted by atomic mass is 10.1. The summed E-state index contributed by atoms with van der Waals surface area (Å²) in [6.07, 6.45) is -2.99. The van der Waals surface area contributed by atoms with Crippen molar-refractivity contribution in [2.45, 2.75) is 38.9 Å². The van der Waals surface area contributed by atoms with Crippen LogP contribution in [0.15, 0.2) is 22.7 Å². The number of rotatable bonds is 2. The van der Waals surface area contributed by atoms with Crippen LogP contribution in [0, 0.1) is 13.8 Å². The average Bonchev–Trinajstić information content (AvgIpc) is 3.13. The van der Waals surface area contributed by atoms with Crippen LogP contribution in [0.4, 0.5) is 13.2 Å². The van der Waals surface area contributed by atoms with E-state index in [9.17, 15) is 18.0 Å². The molecule has 1 aliphatic heterocycles. The third-order valence-electron chi connectivity index (χ3n) is 4.11. The van der Waals surface area contributed by atoms with E-state index in [4.69, 9.17) is 4.52 Å². The van der Waals surface area contributed by atoms with Gasteiger partial charge in [0.2, 0.25) is 0 Å². The second-order valence-corrected chi connectivity index (χ2v) is 5.85. The molecule has 3 heterocycles. The first-order valence-corrected chi connectivity index (χ1v) is 7.56. The molecule has 3 rings (SSSR count). The molecule has 0 spiro atoms. The summed E-state index contributed by atoms with van der Waals surface area (Å²) in [5, 5.41) is 3.96. The highest BCUT2D eigenvalue weighted by Crippen LogP contribution is 2.34. The largest absolute Gasteiger partial charge is 0.433 e. The van der Waals surface area contributed by atoms with Gasteiger partial charge in [0.25, 0.3) is 5.91 Å². The van der Waals surface area contributed by atoms with Crippen molar-refractivity contribution in [2.75, 3.05) is 6.54 Å². The van der Waals surface area contributed by atoms with Crippen molar-refractivity contribution < 1.29 is 22.5 Å². The van der Waals surface area contributed by atoms with Gasteiger partial charge in [-0.05, 0) is 38.8 Å². The molecule has 2 aromatic heterocycles. The maximum atomic E-state index is 12.8. The Bertz CT molecular complexity index is 770. The molecule has 1 saturated heterocycles. The molecule has 1 amide bonds. The number of amides is 1. The van der Waals surface area contributed by atoms with Gasteiger partial charge in [-0.1, -0.05) is 5.16 Å². The Morgan fingerprint density at radius 3 is 2.67 bits per heavy atom. The van der Waals surface area contributed by atoms with E-state index in [2.05, 4.69) is 10.1 Å². The summed E-state index contributed by atoms with van der Waals surface area (Å²) in [5.41, 5.74) is -0.0931. The van der Waals surface area contributed by atoms with Crippen LogP contribution in [-0.2, 0) is 6.18 Å². The maximum absolute atomic E-state index is 12.8. The molecule has 0 unspecified atom stereocenters. The zero-order valence-electron chi connectivity index (χ0n) is 13.2. The highest BCUT2D eigenvalue weighted by atomic mass is 19.4. The summed E-state index contributed by atoms with van der Waals surface area (Å²) >= 11 is 0. The minimum atomic E-state index is -4.53. The first kappa shape index (κ1) is 16.5. The van der Waals surface area contributed by atoms with Crippen LogP contribution >= 0.6 is 0 Å². The zero-order valence-corrected chi connectivity index (χ0v) is 13.2. The van der Waals surface area contributed by atoms with Crippen molar-refractivity contribution in [2.24, 2.45) is 0 Å². The molecule has 128 valence electrons. The fourth-order valence-electron chi connectivity index (χ4n) is 2.96. The van der Waals surface area contributed by atoms with E-state index >= 15 is 0 Å². The van der Waals surface area contributed by atoms with Gasteiger partial charge >= 0.3 is 6.18 Å². The van der Waals surface area contributed by atoms with Gasteiger partial charge < -0.3 is 9.42 Å². The molecule has 0 aromatic carbocycles. The summed E-state index contributed by atoms with van der Waals surface area (Å²) in [6, 6.07) is 3.58. The molecule has 0 saturated carbocycles. The van der Waals surface area contributed by atoms with Crippen LogP contribution in [0.5, 0.6) is 0 Å². The minimum absolute atomic E-state index is 0.0665. The van der Waals surface area contributed by atoms with E-state index in [0.29, 0.717) is 18.0 Å². The van der Waals surface area contributed by atoms with Crippen LogP contribution in [0.1, 0.15) is 52.1 Å². The van der Waals surface area contributed by atoms with Gasteiger partial charge in [0, 0.05) is 12.6 Å². The van der Waals surface area contributed by atoms with Gasteiger partial charge in [-0.2, -0.15) is 13.2 Å². The van der Waals surface area contributed by atoms with Gasteiger partial charge in [0.15, 0.2) is 0 Å². The summed E-state index contributed by atoms with van der Waals surface area (Å²) < 4.78 is 43.2. The summed E-state index contributed by atoms with van der Waals surface area (Å²) in [6.45, 7) is 3.70. The lowest BCUT2D eigenvalue weighted by molar-refractivity contribution is -0.141. The van der Waals surface area contributed by atoms with Crippen LogP contribution in [0.25, 0.3) is 0 Å². The third kappa shape index (κ3) is 3.00. The van der Waals surface area contributed by atoms with Crippen molar-refractivity contribution in [1.29, 1.82) is 0 Å². The molecular formula is C16H16F3N3O2. The number of carbonyl (C=O) groups is 1. The first-order valence-electron chi connectivity index (χ1n) is 7.56. The molecule has 0 N–H and O–H groups in total. The third-order valence-corrected chi connectivity index (χ3v) is 4.11. The standard InChI is InChI=1S/C16H16F3N3O2/c1-9-8-12(21-24-9)13-4-3-7-22(13)15(23)11-5-6-14(16(17,18)19)20-10(11)2/h5-6,8,13H,3-4,7H2,1-2H3/t13-/m1/s1. The Hall–Kier alpha value is -2.38. The van der Waals surface area contributed by atoms with Crippen molar-refractivity contribution in [3.8, 4) is 0 Å². The number of aryl methyl sites for hydroxylation is 2. The average molecular weight is 339 g/mol. The smallest absolute Gasteiger partial charge is 0.361 e. The number of hydrogen-bond donors (Lipinski definition) is 0. The molecule has 2 aromatic rings. The number of nitrogens with zero attached hydrogens (tertiary/aromatic N) is 3. The fourth-order valence-corrected chi connectivity index (χ4v) is 2.96. The number of alkyl halides is 3. The van der Waals surface area contributed by atoms with Gasteiger partial charge in [-0.3, -0.25) is 4.79 Å². The highest BCUT2D eigenvalue weighted by molar-refractivity contribution is 5.95. The molecule has 1 atom stereocenters. The topological polar surface area (TPSA) is 59.2 Å². The molecule has 1 aliphatic rings. The summed E-state index contributed by atoms with van der Waals surface area (Å²) in [7, 11) is 0. The molecule has 1 fully saturated rings. The molecular weight excluding hydrogens is 323 g/mol. The Labute approximate surface area is 136 Å². The van der Waals surface area contributed by atoms with Crippen LogP contribution in [0.2, 0.25) is 0 Å². The van der Waals surface area contributed by atoms with Crippen molar-refractivity contribution in [3.05, 3.63) is 46.6 Å². The minimum Gasteiger partial charge on any atom is -0.361 e. The normalized spacial score (nSPS) is 18.2. The number of pyridine rings is 1. The number of aromatic nitrogens is 2. The van der Waals surface area contributed by atoms with E-state index < -0.39 is 11.9 Å². The number of carbonyl (C=O) groups excluding carboxylic acids is 1. The number of hydrogen-bond acceptors (Lipinski definition) is 4. The summed E-state index contributed by atoms with van der Waals surface area (Å²) in [5.74, 6) is 0.313. The predicted molar refractivity (Wildman–Crippen MR) is 78.2 cm³/mol. The Balaban J connectivity index is 1.88. The predicted octanol–water partition coefficient (Wildman–Crippen LogP) is 3.68. The molecule has 0 radical (unpaired) electrons. The number of likely N-dealkylation sites (tertiary alicyclic amines) is 1. The maximum Gasteiger partial charge on any atom is 0.433 e. The van der Waals surface area contributed by atoms with Gasteiger partial charge in [-0.25, -0.2) is 4.98 Å². The fraction of sp³-hybridized carbons (Fsp3) is 0.438. The second-order valence-electron chi connectivity index (χ2n) is 5.85. The Kier molecular flexibility index (Phi) is 4.06. The van der Waals surface area contributed by atoms with Gasteiger partial charge in [0.05, 0.1) is 17.3 Å². The quantitative estimate of drug-likeness (QED) is 0.837. The van der Waals surface area contributed by atoms with Gasteiger partial charge in [0.1, 0.15) is 17.1 Å². The van der Waals surface area contributed by atoms with E-state index in [-0.39, 0.29) is 23.2 Å². The molecule has 5 nitrogen and oxygen atoms in total. The zero-order chi connectivity index (χ0) is 17.5. The lowest BCUT2D eigenvalue weighted by Gasteiger charge is -2.23. The SMILES string of the molecule is Cc1cc([C@H]2CCCN2C(=O)c2ccc(C(F)(F)F)nc2C)no1. The molecule has 0 bridgehead atoms. The monoisotopic (exact) mass is 339 g/mol. The first-order chi connectivity index (χ1) is 11.3. The van der Waals surface area contributed by atoms with Crippen molar-refractivity contribution in [1.82, 2.24) is 15.0 Å². The van der Waals surface area contributed by atoms with Crippen LogP contribution < -0.4 is 0 Å². The van der Waals surface area contributed by atoms with Crippen LogP contribution in [-0.4, -0.2) is 27.5 Å². The van der Waals surface area contributed by atoms with E-state index in [0.717, 1.165) is 18.9 Å². The lowest BCUT2D eigenvalue weighted by Crippen LogP contribution is -2.31. The van der Waals surface area contributed by atoms with Crippen LogP contribution in [0.3, 0.4) is 0 Å².